The first kappa shape index (κ1) is 15.7. The molecule has 1 aromatic carbocycles. The molecule has 0 spiro atoms. The zero-order valence-corrected chi connectivity index (χ0v) is 13.1. The largest absolute Gasteiger partial charge is 0.490 e. The molecule has 0 aliphatic carbocycles. The van der Waals surface area contributed by atoms with Crippen LogP contribution in [0.4, 0.5) is 0 Å². The standard InChI is InChI=1S/C17H24N2O2/c1-4-9-19-14(12-18)8-10-20-15-7-5-6-13-11-17(2,3)21-16(13)15/h5-7,14,19H,4,8-11H2,1-3H3. The van der Waals surface area contributed by atoms with E-state index in [1.807, 2.05) is 12.1 Å². The molecule has 0 saturated carbocycles. The van der Waals surface area contributed by atoms with Crippen molar-refractivity contribution in [3.05, 3.63) is 23.8 Å². The number of hydrogen-bond donors (Lipinski definition) is 1. The summed E-state index contributed by atoms with van der Waals surface area (Å²) in [5.41, 5.74) is 1.03. The van der Waals surface area contributed by atoms with Gasteiger partial charge in [-0.15, -0.1) is 0 Å². The number of nitrogens with zero attached hydrogens (tertiary/aromatic N) is 1. The maximum Gasteiger partial charge on any atom is 0.165 e. The third kappa shape index (κ3) is 4.12. The molecule has 114 valence electrons. The summed E-state index contributed by atoms with van der Waals surface area (Å²) in [6.07, 6.45) is 2.59. The molecule has 1 aromatic rings. The van der Waals surface area contributed by atoms with E-state index >= 15 is 0 Å². The first-order valence-corrected chi connectivity index (χ1v) is 7.62. The summed E-state index contributed by atoms with van der Waals surface area (Å²) < 4.78 is 11.8. The summed E-state index contributed by atoms with van der Waals surface area (Å²) in [6, 6.07) is 8.12. The van der Waals surface area contributed by atoms with Crippen LogP contribution in [-0.2, 0) is 6.42 Å². The van der Waals surface area contributed by atoms with Gasteiger partial charge in [-0.2, -0.15) is 5.26 Å². The van der Waals surface area contributed by atoms with E-state index in [2.05, 4.69) is 38.2 Å². The van der Waals surface area contributed by atoms with Crippen LogP contribution in [0.5, 0.6) is 11.5 Å². The molecular weight excluding hydrogens is 264 g/mol. The highest BCUT2D eigenvalue weighted by Crippen LogP contribution is 2.41. The van der Waals surface area contributed by atoms with Gasteiger partial charge in [0.1, 0.15) is 5.60 Å². The Morgan fingerprint density at radius 1 is 1.48 bits per heavy atom. The zero-order chi connectivity index (χ0) is 15.3. The van der Waals surface area contributed by atoms with E-state index in [9.17, 15) is 0 Å². The normalized spacial score (nSPS) is 16.7. The average Bonchev–Trinajstić information content (AvgIpc) is 2.77. The van der Waals surface area contributed by atoms with E-state index in [0.717, 1.165) is 30.9 Å². The second-order valence-corrected chi connectivity index (χ2v) is 6.06. The van der Waals surface area contributed by atoms with Crippen LogP contribution in [0.3, 0.4) is 0 Å². The van der Waals surface area contributed by atoms with Crippen LogP contribution in [0.1, 0.15) is 39.2 Å². The minimum absolute atomic E-state index is 0.154. The van der Waals surface area contributed by atoms with E-state index in [-0.39, 0.29) is 11.6 Å². The van der Waals surface area contributed by atoms with Gasteiger partial charge < -0.3 is 14.8 Å². The van der Waals surface area contributed by atoms with Crippen molar-refractivity contribution in [1.29, 1.82) is 5.26 Å². The van der Waals surface area contributed by atoms with Crippen molar-refractivity contribution in [1.82, 2.24) is 5.32 Å². The number of nitriles is 1. The molecule has 0 amide bonds. The maximum absolute atomic E-state index is 9.08. The quantitative estimate of drug-likeness (QED) is 0.838. The predicted octanol–water partition coefficient (Wildman–Crippen LogP) is 3.06. The van der Waals surface area contributed by atoms with Crippen molar-refractivity contribution in [2.24, 2.45) is 0 Å². The fourth-order valence-corrected chi connectivity index (χ4v) is 2.52. The Labute approximate surface area is 127 Å². The third-order valence-corrected chi connectivity index (χ3v) is 3.52. The monoisotopic (exact) mass is 288 g/mol. The zero-order valence-electron chi connectivity index (χ0n) is 13.1. The van der Waals surface area contributed by atoms with E-state index in [1.54, 1.807) is 0 Å². The molecule has 1 atom stereocenters. The first-order valence-electron chi connectivity index (χ1n) is 7.62. The fraction of sp³-hybridized carbons (Fsp3) is 0.588. The Morgan fingerprint density at radius 3 is 3.00 bits per heavy atom. The van der Waals surface area contributed by atoms with Crippen molar-refractivity contribution in [3.63, 3.8) is 0 Å². The first-order chi connectivity index (χ1) is 10.1. The van der Waals surface area contributed by atoms with Gasteiger partial charge in [-0.25, -0.2) is 0 Å². The van der Waals surface area contributed by atoms with Crippen LogP contribution >= 0.6 is 0 Å². The predicted molar refractivity (Wildman–Crippen MR) is 82.7 cm³/mol. The SMILES string of the molecule is CCCNC(C#N)CCOc1cccc2c1OC(C)(C)C2. The summed E-state index contributed by atoms with van der Waals surface area (Å²) in [4.78, 5) is 0. The van der Waals surface area contributed by atoms with Crippen molar-refractivity contribution in [2.45, 2.75) is 51.7 Å². The number of hydrogen-bond acceptors (Lipinski definition) is 4. The molecule has 4 nitrogen and oxygen atoms in total. The summed E-state index contributed by atoms with van der Waals surface area (Å²) in [5, 5.41) is 12.3. The third-order valence-electron chi connectivity index (χ3n) is 3.52. The van der Waals surface area contributed by atoms with E-state index in [1.165, 1.54) is 5.56 Å². The summed E-state index contributed by atoms with van der Waals surface area (Å²) >= 11 is 0. The van der Waals surface area contributed by atoms with Crippen LogP contribution in [0.25, 0.3) is 0 Å². The van der Waals surface area contributed by atoms with Crippen LogP contribution in [0, 0.1) is 11.3 Å². The minimum Gasteiger partial charge on any atom is -0.490 e. The van der Waals surface area contributed by atoms with Gasteiger partial charge >= 0.3 is 0 Å². The number of fused-ring (bicyclic) bond motifs is 1. The minimum atomic E-state index is -0.167. The Kier molecular flexibility index (Phi) is 5.08. The fourth-order valence-electron chi connectivity index (χ4n) is 2.52. The molecule has 1 unspecified atom stereocenters. The second kappa shape index (κ2) is 6.82. The molecule has 1 aliphatic heterocycles. The highest BCUT2D eigenvalue weighted by Gasteiger charge is 2.32. The molecule has 21 heavy (non-hydrogen) atoms. The van der Waals surface area contributed by atoms with E-state index in [4.69, 9.17) is 14.7 Å². The molecule has 1 heterocycles. The smallest absolute Gasteiger partial charge is 0.165 e. The van der Waals surface area contributed by atoms with Crippen molar-refractivity contribution >= 4 is 0 Å². The molecule has 0 radical (unpaired) electrons. The Balaban J connectivity index is 1.91. The van der Waals surface area contributed by atoms with Gasteiger partial charge in [-0.05, 0) is 32.9 Å². The maximum atomic E-state index is 9.08. The molecule has 2 rings (SSSR count). The van der Waals surface area contributed by atoms with Gasteiger partial charge in [0.25, 0.3) is 0 Å². The van der Waals surface area contributed by atoms with E-state index in [0.29, 0.717) is 13.0 Å². The Morgan fingerprint density at radius 2 is 2.29 bits per heavy atom. The van der Waals surface area contributed by atoms with Crippen LogP contribution < -0.4 is 14.8 Å². The lowest BCUT2D eigenvalue weighted by molar-refractivity contribution is 0.132. The number of ether oxygens (including phenoxy) is 2. The molecular formula is C17H24N2O2. The van der Waals surface area contributed by atoms with Gasteiger partial charge in [-0.3, -0.25) is 0 Å². The highest BCUT2D eigenvalue weighted by molar-refractivity contribution is 5.50. The number of benzene rings is 1. The van der Waals surface area contributed by atoms with Crippen LogP contribution in [-0.4, -0.2) is 24.8 Å². The van der Waals surface area contributed by atoms with Gasteiger partial charge in [0.2, 0.25) is 0 Å². The lowest BCUT2D eigenvalue weighted by atomic mass is 10.0. The molecule has 0 fully saturated rings. The van der Waals surface area contributed by atoms with Crippen molar-refractivity contribution in [3.8, 4) is 17.6 Å². The van der Waals surface area contributed by atoms with E-state index < -0.39 is 0 Å². The molecule has 0 saturated heterocycles. The summed E-state index contributed by atoms with van der Waals surface area (Å²) in [5.74, 6) is 1.64. The number of nitrogens with one attached hydrogen (secondary N) is 1. The van der Waals surface area contributed by atoms with Gasteiger partial charge in [-0.1, -0.05) is 19.1 Å². The Hall–Kier alpha value is -1.73. The highest BCUT2D eigenvalue weighted by atomic mass is 16.5. The molecule has 0 aromatic heterocycles. The van der Waals surface area contributed by atoms with Crippen molar-refractivity contribution in [2.75, 3.05) is 13.2 Å². The molecule has 1 aliphatic rings. The topological polar surface area (TPSA) is 54.3 Å². The lowest BCUT2D eigenvalue weighted by Crippen LogP contribution is -2.29. The van der Waals surface area contributed by atoms with Gasteiger partial charge in [0.05, 0.1) is 18.7 Å². The molecule has 0 bridgehead atoms. The Bertz CT molecular complexity index is 520. The number of para-hydroxylation sites is 1. The summed E-state index contributed by atoms with van der Waals surface area (Å²) in [6.45, 7) is 7.62. The van der Waals surface area contributed by atoms with Crippen molar-refractivity contribution < 1.29 is 9.47 Å². The second-order valence-electron chi connectivity index (χ2n) is 6.06. The summed E-state index contributed by atoms with van der Waals surface area (Å²) in [7, 11) is 0. The molecule has 1 N–H and O–H groups in total. The van der Waals surface area contributed by atoms with Crippen LogP contribution in [0.15, 0.2) is 18.2 Å². The van der Waals surface area contributed by atoms with Crippen LogP contribution in [0.2, 0.25) is 0 Å². The van der Waals surface area contributed by atoms with Gasteiger partial charge in [0.15, 0.2) is 11.5 Å². The number of rotatable bonds is 7. The lowest BCUT2D eigenvalue weighted by Gasteiger charge is -2.18. The van der Waals surface area contributed by atoms with Gasteiger partial charge in [0, 0.05) is 18.4 Å². The molecule has 4 heteroatoms. The average molecular weight is 288 g/mol.